The fraction of sp³-hybridized carbons (Fsp3) is 0.667. The first-order valence-corrected chi connectivity index (χ1v) is 4.89. The highest BCUT2D eigenvalue weighted by Crippen LogP contribution is 2.36. The highest BCUT2D eigenvalue weighted by Gasteiger charge is 2.55. The Hall–Kier alpha value is -0.110. The molecule has 0 aromatic heterocycles. The number of esters is 1. The van der Waals surface area contributed by atoms with Crippen molar-refractivity contribution in [2.75, 3.05) is 6.61 Å². The largest absolute Gasteiger partial charge is 0.464 e. The number of ether oxygens (including phenoxy) is 1. The summed E-state index contributed by atoms with van der Waals surface area (Å²) in [4.78, 5) is 21.6. The predicted octanol–water partition coefficient (Wildman–Crippen LogP) is 2.17. The average molecular weight is 342 g/mol. The van der Waals surface area contributed by atoms with E-state index in [9.17, 15) is 22.8 Å². The van der Waals surface area contributed by atoms with Crippen molar-refractivity contribution in [1.82, 2.24) is 0 Å². The molecule has 8 heteroatoms. The Bertz CT molecular complexity index is 249. The third-order valence-corrected chi connectivity index (χ3v) is 2.44. The van der Waals surface area contributed by atoms with E-state index in [0.717, 1.165) is 0 Å². The Labute approximate surface area is 94.2 Å². The molecule has 0 saturated carbocycles. The second kappa shape index (κ2) is 4.61. The normalized spacial score (nSPS) is 12.4. The topological polar surface area (TPSA) is 43.4 Å². The van der Waals surface area contributed by atoms with Crippen LogP contribution in [0.3, 0.4) is 0 Å². The molecule has 3 nitrogen and oxygen atoms in total. The molecular formula is C6H5Br2F3O3. The molecule has 0 aromatic rings. The Kier molecular flexibility index (Phi) is 4.57. The highest BCUT2D eigenvalue weighted by atomic mass is 79.9. The lowest BCUT2D eigenvalue weighted by atomic mass is 10.3. The lowest BCUT2D eigenvalue weighted by Crippen LogP contribution is -2.44. The maximum Gasteiger partial charge on any atom is 0.453 e. The number of hydrogen-bond donors (Lipinski definition) is 0. The van der Waals surface area contributed by atoms with Crippen LogP contribution in [0, 0.1) is 0 Å². The van der Waals surface area contributed by atoms with E-state index in [1.807, 2.05) is 0 Å². The van der Waals surface area contributed by atoms with Crippen LogP contribution in [0.25, 0.3) is 0 Å². The molecule has 0 aliphatic rings. The van der Waals surface area contributed by atoms with Gasteiger partial charge >= 0.3 is 12.1 Å². The van der Waals surface area contributed by atoms with Crippen LogP contribution >= 0.6 is 31.9 Å². The second-order valence-corrected chi connectivity index (χ2v) is 5.56. The molecule has 0 unspecified atom stereocenters. The van der Waals surface area contributed by atoms with Crippen molar-refractivity contribution in [2.24, 2.45) is 0 Å². The molecule has 82 valence electrons. The molecule has 0 N–H and O–H groups in total. The van der Waals surface area contributed by atoms with Gasteiger partial charge in [0, 0.05) is 0 Å². The Morgan fingerprint density at radius 1 is 1.29 bits per heavy atom. The standard InChI is InChI=1S/C6H5Br2F3O3/c1-2-14-4(13)5(7,8)3(12)6(9,10)11/h2H2,1H3. The zero-order valence-corrected chi connectivity index (χ0v) is 9.99. The van der Waals surface area contributed by atoms with Crippen LogP contribution in [0.2, 0.25) is 0 Å². The summed E-state index contributed by atoms with van der Waals surface area (Å²) >= 11 is 4.64. The van der Waals surface area contributed by atoms with Gasteiger partial charge in [0.25, 0.3) is 5.78 Å². The van der Waals surface area contributed by atoms with Crippen LogP contribution in [0.4, 0.5) is 13.2 Å². The van der Waals surface area contributed by atoms with Crippen molar-refractivity contribution in [1.29, 1.82) is 0 Å². The van der Waals surface area contributed by atoms with Gasteiger partial charge in [0.1, 0.15) is 0 Å². The number of rotatable bonds is 3. The molecule has 0 atom stereocenters. The van der Waals surface area contributed by atoms with Gasteiger partial charge < -0.3 is 4.74 Å². The maximum absolute atomic E-state index is 11.9. The molecule has 0 amide bonds. The molecular weight excluding hydrogens is 337 g/mol. The molecule has 0 rings (SSSR count). The van der Waals surface area contributed by atoms with Crippen LogP contribution in [0.1, 0.15) is 6.92 Å². The van der Waals surface area contributed by atoms with Gasteiger partial charge in [-0.1, -0.05) is 31.9 Å². The summed E-state index contributed by atoms with van der Waals surface area (Å²) in [6, 6.07) is 0. The van der Waals surface area contributed by atoms with E-state index < -0.39 is 21.2 Å². The predicted molar refractivity (Wildman–Crippen MR) is 48.3 cm³/mol. The van der Waals surface area contributed by atoms with Crippen molar-refractivity contribution in [3.05, 3.63) is 0 Å². The van der Waals surface area contributed by atoms with Crippen molar-refractivity contribution in [2.45, 2.75) is 16.3 Å². The van der Waals surface area contributed by atoms with Crippen LogP contribution < -0.4 is 0 Å². The number of carbonyl (C=O) groups is 2. The highest BCUT2D eigenvalue weighted by molar-refractivity contribution is 9.26. The van der Waals surface area contributed by atoms with E-state index in [4.69, 9.17) is 0 Å². The quantitative estimate of drug-likeness (QED) is 0.449. The van der Waals surface area contributed by atoms with Gasteiger partial charge in [0.2, 0.25) is 3.23 Å². The van der Waals surface area contributed by atoms with E-state index in [-0.39, 0.29) is 6.61 Å². The summed E-state index contributed by atoms with van der Waals surface area (Å²) in [5, 5.41) is 0. The third-order valence-electron chi connectivity index (χ3n) is 1.07. The van der Waals surface area contributed by atoms with Gasteiger partial charge in [0.05, 0.1) is 6.61 Å². The summed E-state index contributed by atoms with van der Waals surface area (Å²) in [6.45, 7) is 1.29. The number of carbonyl (C=O) groups excluding carboxylic acids is 2. The average Bonchev–Trinajstić information content (AvgIpc) is 2.01. The first-order chi connectivity index (χ1) is 6.14. The number of halogens is 5. The second-order valence-electron chi connectivity index (χ2n) is 2.12. The van der Waals surface area contributed by atoms with Crippen LogP contribution in [0.15, 0.2) is 0 Å². The number of Topliss-reactive ketones (excluding diaryl/α,β-unsaturated/α-hetero) is 1. The zero-order valence-electron chi connectivity index (χ0n) is 6.82. The third kappa shape index (κ3) is 3.23. The van der Waals surface area contributed by atoms with Crippen LogP contribution in [0.5, 0.6) is 0 Å². The first-order valence-electron chi connectivity index (χ1n) is 3.30. The van der Waals surface area contributed by atoms with Crippen molar-refractivity contribution in [3.63, 3.8) is 0 Å². The van der Waals surface area contributed by atoms with E-state index in [2.05, 4.69) is 36.6 Å². The molecule has 0 aliphatic heterocycles. The Morgan fingerprint density at radius 3 is 2.00 bits per heavy atom. The molecule has 0 heterocycles. The number of hydrogen-bond acceptors (Lipinski definition) is 3. The molecule has 0 bridgehead atoms. The summed E-state index contributed by atoms with van der Waals surface area (Å²) in [7, 11) is 0. The minimum absolute atomic E-state index is 0.122. The first kappa shape index (κ1) is 13.9. The SMILES string of the molecule is CCOC(=O)C(Br)(Br)C(=O)C(F)(F)F. The van der Waals surface area contributed by atoms with E-state index in [0.29, 0.717) is 0 Å². The number of alkyl halides is 5. The molecule has 0 aromatic carbocycles. The summed E-state index contributed by atoms with van der Waals surface area (Å²) in [5.74, 6) is -3.59. The fourth-order valence-electron chi connectivity index (χ4n) is 0.492. The lowest BCUT2D eigenvalue weighted by Gasteiger charge is -2.18. The van der Waals surface area contributed by atoms with E-state index in [1.54, 1.807) is 0 Å². The van der Waals surface area contributed by atoms with Gasteiger partial charge in [-0.05, 0) is 6.92 Å². The minimum Gasteiger partial charge on any atom is -0.464 e. The molecule has 0 fully saturated rings. The maximum atomic E-state index is 11.9. The summed E-state index contributed by atoms with van der Waals surface area (Å²) in [5.41, 5.74) is 0. The lowest BCUT2D eigenvalue weighted by molar-refractivity contribution is -0.174. The Morgan fingerprint density at radius 2 is 1.71 bits per heavy atom. The van der Waals surface area contributed by atoms with Crippen LogP contribution in [-0.2, 0) is 14.3 Å². The van der Waals surface area contributed by atoms with Crippen molar-refractivity contribution >= 4 is 43.6 Å². The van der Waals surface area contributed by atoms with Crippen molar-refractivity contribution < 1.29 is 27.5 Å². The smallest absolute Gasteiger partial charge is 0.453 e. The van der Waals surface area contributed by atoms with Gasteiger partial charge in [-0.15, -0.1) is 0 Å². The van der Waals surface area contributed by atoms with Gasteiger partial charge in [-0.2, -0.15) is 13.2 Å². The van der Waals surface area contributed by atoms with Gasteiger partial charge in [-0.3, -0.25) is 4.79 Å². The van der Waals surface area contributed by atoms with E-state index in [1.165, 1.54) is 6.92 Å². The monoisotopic (exact) mass is 340 g/mol. The van der Waals surface area contributed by atoms with Gasteiger partial charge in [-0.25, -0.2) is 4.79 Å². The van der Waals surface area contributed by atoms with E-state index >= 15 is 0 Å². The van der Waals surface area contributed by atoms with Crippen LogP contribution in [-0.4, -0.2) is 27.8 Å². The summed E-state index contributed by atoms with van der Waals surface area (Å²) in [6.07, 6.45) is -5.11. The van der Waals surface area contributed by atoms with Gasteiger partial charge in [0.15, 0.2) is 0 Å². The molecule has 0 radical (unpaired) electrons. The molecule has 0 aliphatic carbocycles. The molecule has 14 heavy (non-hydrogen) atoms. The fourth-order valence-corrected chi connectivity index (χ4v) is 1.17. The molecule has 0 spiro atoms. The summed E-state index contributed by atoms with van der Waals surface area (Å²) < 4.78 is 37.5. The van der Waals surface area contributed by atoms with Crippen molar-refractivity contribution in [3.8, 4) is 0 Å². The minimum atomic E-state index is -5.11. The number of ketones is 1. The zero-order chi connectivity index (χ0) is 11.6. The Balaban J connectivity index is 4.79. The molecule has 0 saturated heterocycles.